The van der Waals surface area contributed by atoms with Gasteiger partial charge in [0.25, 0.3) is 0 Å². The van der Waals surface area contributed by atoms with Gasteiger partial charge in [-0.2, -0.15) is 5.10 Å². The molecule has 3 N–H and O–H groups in total. The molecule has 0 aliphatic rings. The highest BCUT2D eigenvalue weighted by molar-refractivity contribution is 6.31. The number of benzene rings is 1. The monoisotopic (exact) mass is 309 g/mol. The van der Waals surface area contributed by atoms with Crippen LogP contribution in [0.3, 0.4) is 0 Å². The maximum atomic E-state index is 11.8. The van der Waals surface area contributed by atoms with Crippen LogP contribution >= 0.6 is 11.6 Å². The third kappa shape index (κ3) is 3.85. The fraction of sp³-hybridized carbons (Fsp3) is 0.308. The van der Waals surface area contributed by atoms with E-state index in [1.165, 1.54) is 15.6 Å². The van der Waals surface area contributed by atoms with E-state index in [9.17, 15) is 9.59 Å². The summed E-state index contributed by atoms with van der Waals surface area (Å²) in [5, 5.41) is 7.14. The highest BCUT2D eigenvalue weighted by Crippen LogP contribution is 2.22. The number of anilines is 2. The highest BCUT2D eigenvalue weighted by Gasteiger charge is 2.07. The van der Waals surface area contributed by atoms with Crippen molar-refractivity contribution in [3.8, 4) is 0 Å². The van der Waals surface area contributed by atoms with Crippen LogP contribution in [0, 0.1) is 0 Å². The lowest BCUT2D eigenvalue weighted by Crippen LogP contribution is -2.23. The minimum absolute atomic E-state index is 0.173. The second-order valence-electron chi connectivity index (χ2n) is 4.63. The molecule has 0 aliphatic heterocycles. The van der Waals surface area contributed by atoms with Crippen LogP contribution in [0.1, 0.15) is 12.8 Å². The van der Waals surface area contributed by atoms with Gasteiger partial charge in [-0.05, 0) is 24.6 Å². The smallest absolute Gasteiger partial charge is 0.345 e. The van der Waals surface area contributed by atoms with Gasteiger partial charge in [-0.15, -0.1) is 0 Å². The summed E-state index contributed by atoms with van der Waals surface area (Å²) in [6, 6.07) is 4.88. The summed E-state index contributed by atoms with van der Waals surface area (Å²) in [6.45, 7) is 0.392. The summed E-state index contributed by atoms with van der Waals surface area (Å²) in [5.41, 5.74) is 6.50. The Morgan fingerprint density at radius 2 is 2.24 bits per heavy atom. The quantitative estimate of drug-likeness (QED) is 0.812. The number of halogens is 1. The molecule has 0 saturated carbocycles. The predicted octanol–water partition coefficient (Wildman–Crippen LogP) is 1.24. The van der Waals surface area contributed by atoms with Crippen molar-refractivity contribution in [2.24, 2.45) is 7.05 Å². The first-order valence-corrected chi connectivity index (χ1v) is 6.78. The topological polar surface area (TPSA) is 94.9 Å². The third-order valence-electron chi connectivity index (χ3n) is 2.95. The van der Waals surface area contributed by atoms with Gasteiger partial charge in [0, 0.05) is 25.0 Å². The third-order valence-corrected chi connectivity index (χ3v) is 3.18. The lowest BCUT2D eigenvalue weighted by atomic mass is 10.2. The number of aromatic nitrogens is 3. The zero-order chi connectivity index (χ0) is 15.4. The van der Waals surface area contributed by atoms with E-state index in [-0.39, 0.29) is 18.0 Å². The van der Waals surface area contributed by atoms with Crippen molar-refractivity contribution in [3.05, 3.63) is 40.0 Å². The molecule has 1 amide bonds. The van der Waals surface area contributed by atoms with Gasteiger partial charge in [0.15, 0.2) is 0 Å². The van der Waals surface area contributed by atoms with Crippen LogP contribution in [-0.4, -0.2) is 20.3 Å². The van der Waals surface area contributed by atoms with Gasteiger partial charge in [-0.25, -0.2) is 9.48 Å². The Bertz CT molecular complexity index is 707. The van der Waals surface area contributed by atoms with Gasteiger partial charge in [0.1, 0.15) is 6.33 Å². The predicted molar refractivity (Wildman–Crippen MR) is 81.2 cm³/mol. The number of hydrogen-bond acceptors (Lipinski definition) is 4. The molecule has 8 heteroatoms. The minimum Gasteiger partial charge on any atom is -0.397 e. The first-order valence-electron chi connectivity index (χ1n) is 6.40. The van der Waals surface area contributed by atoms with Crippen LogP contribution < -0.4 is 16.7 Å². The summed E-state index contributed by atoms with van der Waals surface area (Å²) >= 11 is 5.79. The molecule has 0 unspecified atom stereocenters. The van der Waals surface area contributed by atoms with Crippen molar-refractivity contribution in [3.63, 3.8) is 0 Å². The fourth-order valence-corrected chi connectivity index (χ4v) is 2.00. The molecule has 0 atom stereocenters. The number of aryl methyl sites for hydroxylation is 2. The van der Waals surface area contributed by atoms with E-state index < -0.39 is 0 Å². The van der Waals surface area contributed by atoms with E-state index in [2.05, 4.69) is 10.4 Å². The maximum absolute atomic E-state index is 11.8. The molecule has 112 valence electrons. The number of nitrogen functional groups attached to an aromatic ring is 1. The average molecular weight is 310 g/mol. The Hall–Kier alpha value is -2.28. The summed E-state index contributed by atoms with van der Waals surface area (Å²) in [6.07, 6.45) is 2.22. The number of carbonyl (C=O) groups excluding carboxylic acids is 1. The minimum atomic E-state index is -0.197. The van der Waals surface area contributed by atoms with E-state index >= 15 is 0 Å². The van der Waals surface area contributed by atoms with Crippen LogP contribution in [0.4, 0.5) is 11.4 Å². The van der Waals surface area contributed by atoms with E-state index in [1.54, 1.807) is 25.2 Å². The number of rotatable bonds is 5. The molecule has 21 heavy (non-hydrogen) atoms. The Balaban J connectivity index is 1.85. The van der Waals surface area contributed by atoms with Crippen molar-refractivity contribution in [2.45, 2.75) is 19.4 Å². The van der Waals surface area contributed by atoms with Crippen molar-refractivity contribution in [1.29, 1.82) is 0 Å². The molecule has 0 aliphatic carbocycles. The molecule has 1 heterocycles. The molecule has 2 rings (SSSR count). The SMILES string of the molecule is Cn1cnn(CCCC(=O)Nc2ccc(Cl)cc2N)c1=O. The number of carbonyl (C=O) groups is 1. The summed E-state index contributed by atoms with van der Waals surface area (Å²) in [7, 11) is 1.63. The molecule has 0 bridgehead atoms. The largest absolute Gasteiger partial charge is 0.397 e. The summed E-state index contributed by atoms with van der Waals surface area (Å²) < 4.78 is 2.71. The van der Waals surface area contributed by atoms with E-state index in [0.717, 1.165) is 0 Å². The Morgan fingerprint density at radius 3 is 2.86 bits per heavy atom. The van der Waals surface area contributed by atoms with Gasteiger partial charge >= 0.3 is 5.69 Å². The normalized spacial score (nSPS) is 10.6. The van der Waals surface area contributed by atoms with E-state index in [4.69, 9.17) is 17.3 Å². The van der Waals surface area contributed by atoms with Gasteiger partial charge in [-0.3, -0.25) is 9.36 Å². The number of hydrogen-bond donors (Lipinski definition) is 2. The number of nitrogens with zero attached hydrogens (tertiary/aromatic N) is 3. The molecule has 7 nitrogen and oxygen atoms in total. The van der Waals surface area contributed by atoms with E-state index in [0.29, 0.717) is 29.4 Å². The van der Waals surface area contributed by atoms with Crippen LogP contribution in [-0.2, 0) is 18.4 Å². The summed E-state index contributed by atoms with van der Waals surface area (Å²) in [4.78, 5) is 23.4. The molecular weight excluding hydrogens is 294 g/mol. The lowest BCUT2D eigenvalue weighted by molar-refractivity contribution is -0.116. The molecule has 1 aromatic carbocycles. The van der Waals surface area contributed by atoms with E-state index in [1.807, 2.05) is 0 Å². The molecule has 1 aromatic heterocycles. The van der Waals surface area contributed by atoms with Crippen molar-refractivity contribution < 1.29 is 4.79 Å². The average Bonchev–Trinajstić information content (AvgIpc) is 2.74. The highest BCUT2D eigenvalue weighted by atomic mass is 35.5. The Labute approximate surface area is 126 Å². The lowest BCUT2D eigenvalue weighted by Gasteiger charge is -2.08. The standard InChI is InChI=1S/C13H16ClN5O2/c1-18-8-16-19(13(18)21)6-2-3-12(20)17-11-5-4-9(14)7-10(11)15/h4-5,7-8H,2-3,6,15H2,1H3,(H,17,20). The van der Waals surface area contributed by atoms with Crippen LogP contribution in [0.15, 0.2) is 29.3 Å². The summed E-state index contributed by atoms with van der Waals surface area (Å²) in [5.74, 6) is -0.173. The Kier molecular flexibility index (Phi) is 4.64. The Morgan fingerprint density at radius 1 is 1.48 bits per heavy atom. The van der Waals surface area contributed by atoms with Gasteiger partial charge in [0.05, 0.1) is 11.4 Å². The van der Waals surface area contributed by atoms with Gasteiger partial charge < -0.3 is 11.1 Å². The maximum Gasteiger partial charge on any atom is 0.345 e. The number of nitrogens with two attached hydrogens (primary N) is 1. The zero-order valence-corrected chi connectivity index (χ0v) is 12.3. The number of amides is 1. The molecule has 0 radical (unpaired) electrons. The van der Waals surface area contributed by atoms with Crippen molar-refractivity contribution in [1.82, 2.24) is 14.3 Å². The zero-order valence-electron chi connectivity index (χ0n) is 11.5. The molecule has 0 fully saturated rings. The second kappa shape index (κ2) is 6.45. The molecule has 0 spiro atoms. The van der Waals surface area contributed by atoms with Crippen molar-refractivity contribution in [2.75, 3.05) is 11.1 Å². The van der Waals surface area contributed by atoms with Gasteiger partial charge in [0.2, 0.25) is 5.91 Å². The number of nitrogens with one attached hydrogen (secondary N) is 1. The van der Waals surface area contributed by atoms with Gasteiger partial charge in [-0.1, -0.05) is 11.6 Å². The van der Waals surface area contributed by atoms with Crippen molar-refractivity contribution >= 4 is 28.9 Å². The first kappa shape index (κ1) is 15.1. The second-order valence-corrected chi connectivity index (χ2v) is 5.07. The van der Waals surface area contributed by atoms with Crippen LogP contribution in [0.2, 0.25) is 5.02 Å². The molecule has 2 aromatic rings. The van der Waals surface area contributed by atoms with Crippen LogP contribution in [0.25, 0.3) is 0 Å². The first-order chi connectivity index (χ1) is 9.97. The van der Waals surface area contributed by atoms with Crippen LogP contribution in [0.5, 0.6) is 0 Å². The molecular formula is C13H16ClN5O2. The fourth-order valence-electron chi connectivity index (χ4n) is 1.82. The molecule has 0 saturated heterocycles.